The Labute approximate surface area is 194 Å². The topological polar surface area (TPSA) is 129 Å². The van der Waals surface area contributed by atoms with E-state index < -0.39 is 36.4 Å². The van der Waals surface area contributed by atoms with E-state index in [1.807, 2.05) is 0 Å². The van der Waals surface area contributed by atoms with E-state index in [4.69, 9.17) is 21.1 Å². The van der Waals surface area contributed by atoms with E-state index in [1.54, 1.807) is 52.1 Å². The van der Waals surface area contributed by atoms with E-state index in [0.29, 0.717) is 22.0 Å². The zero-order chi connectivity index (χ0) is 24.3. The third kappa shape index (κ3) is 5.06. The van der Waals surface area contributed by atoms with Crippen molar-refractivity contribution in [1.29, 1.82) is 0 Å². The van der Waals surface area contributed by atoms with Crippen molar-refractivity contribution in [2.75, 3.05) is 13.2 Å². The van der Waals surface area contributed by atoms with Crippen LogP contribution >= 0.6 is 11.6 Å². The molecule has 1 aliphatic rings. The first-order chi connectivity index (χ1) is 15.6. The Morgan fingerprint density at radius 1 is 1.15 bits per heavy atom. The van der Waals surface area contributed by atoms with Crippen LogP contribution in [0.25, 0.3) is 0 Å². The van der Waals surface area contributed by atoms with Gasteiger partial charge in [-0.25, -0.2) is 14.4 Å². The molecule has 0 saturated carbocycles. The number of Topliss-reactive ketones (excluding diaryl/α,β-unsaturated/α-hetero) is 1. The number of urea groups is 1. The first-order valence-electron chi connectivity index (χ1n) is 10.1. The molecule has 1 atom stereocenters. The lowest BCUT2D eigenvalue weighted by molar-refractivity contribution is -0.140. The number of ether oxygens (including phenoxy) is 2. The molecule has 3 rings (SSSR count). The molecule has 2 amide bonds. The van der Waals surface area contributed by atoms with Crippen molar-refractivity contribution in [3.05, 3.63) is 63.1 Å². The Hall–Kier alpha value is -3.66. The number of ketones is 1. The van der Waals surface area contributed by atoms with Gasteiger partial charge in [-0.2, -0.15) is 5.10 Å². The monoisotopic (exact) mass is 474 g/mol. The summed E-state index contributed by atoms with van der Waals surface area (Å²) >= 11 is 5.95. The average Bonchev–Trinajstić information content (AvgIpc) is 3.02. The SMILES string of the molecule is CCOC(=O)C1=C(COC(=O)C(=O)c2c(C)nn(C)c2C)NC(=O)NC1c1ccc(Cl)cc1. The summed E-state index contributed by atoms with van der Waals surface area (Å²) in [5.74, 6) is -2.71. The van der Waals surface area contributed by atoms with Gasteiger partial charge in [-0.3, -0.25) is 9.48 Å². The highest BCUT2D eigenvalue weighted by Crippen LogP contribution is 2.29. The van der Waals surface area contributed by atoms with Gasteiger partial charge in [-0.15, -0.1) is 0 Å². The number of carbonyl (C=O) groups is 4. The molecule has 2 N–H and O–H groups in total. The molecular formula is C22H23ClN4O6. The van der Waals surface area contributed by atoms with E-state index in [0.717, 1.165) is 0 Å². The van der Waals surface area contributed by atoms with Gasteiger partial charge in [0.15, 0.2) is 0 Å². The molecule has 1 unspecified atom stereocenters. The quantitative estimate of drug-likeness (QED) is 0.358. The average molecular weight is 475 g/mol. The molecule has 1 aliphatic heterocycles. The van der Waals surface area contributed by atoms with Gasteiger partial charge in [0.05, 0.1) is 35.2 Å². The molecule has 10 nitrogen and oxygen atoms in total. The van der Waals surface area contributed by atoms with Gasteiger partial charge in [0.2, 0.25) is 0 Å². The second-order valence-corrected chi connectivity index (χ2v) is 7.71. The van der Waals surface area contributed by atoms with E-state index >= 15 is 0 Å². The molecule has 2 heterocycles. The Kier molecular flexibility index (Phi) is 7.17. The van der Waals surface area contributed by atoms with Crippen molar-refractivity contribution >= 4 is 35.4 Å². The van der Waals surface area contributed by atoms with Gasteiger partial charge < -0.3 is 20.1 Å². The van der Waals surface area contributed by atoms with Gasteiger partial charge in [0.1, 0.15) is 6.61 Å². The standard InChI is InChI=1S/C22H23ClN4O6/c1-5-32-20(29)17-15(24-22(31)25-18(17)13-6-8-14(23)9-7-13)10-33-21(30)19(28)16-11(2)26-27(4)12(16)3/h6-9,18H,5,10H2,1-4H3,(H2,24,25,31). The molecule has 33 heavy (non-hydrogen) atoms. The highest BCUT2D eigenvalue weighted by Gasteiger charge is 2.35. The van der Waals surface area contributed by atoms with Crippen LogP contribution in [0.2, 0.25) is 5.02 Å². The van der Waals surface area contributed by atoms with Crippen LogP contribution in [0, 0.1) is 13.8 Å². The molecule has 0 bridgehead atoms. The van der Waals surface area contributed by atoms with E-state index in [-0.39, 0.29) is 23.4 Å². The number of nitrogens with one attached hydrogen (secondary N) is 2. The minimum Gasteiger partial charge on any atom is -0.463 e. The van der Waals surface area contributed by atoms with Crippen LogP contribution < -0.4 is 10.6 Å². The van der Waals surface area contributed by atoms with Gasteiger partial charge in [-0.1, -0.05) is 23.7 Å². The van der Waals surface area contributed by atoms with E-state index in [9.17, 15) is 19.2 Å². The van der Waals surface area contributed by atoms with E-state index in [1.165, 1.54) is 4.68 Å². The normalized spacial score (nSPS) is 15.5. The van der Waals surface area contributed by atoms with Gasteiger partial charge in [0, 0.05) is 17.8 Å². The molecule has 0 saturated heterocycles. The van der Waals surface area contributed by atoms with Crippen LogP contribution in [-0.4, -0.2) is 46.7 Å². The van der Waals surface area contributed by atoms with Crippen LogP contribution in [0.5, 0.6) is 0 Å². The van der Waals surface area contributed by atoms with Gasteiger partial charge in [0.25, 0.3) is 5.78 Å². The highest BCUT2D eigenvalue weighted by atomic mass is 35.5. The van der Waals surface area contributed by atoms with E-state index in [2.05, 4.69) is 15.7 Å². The number of aryl methyl sites for hydroxylation is 2. The summed E-state index contributed by atoms with van der Waals surface area (Å²) in [7, 11) is 1.66. The summed E-state index contributed by atoms with van der Waals surface area (Å²) in [6.07, 6.45) is 0. The summed E-state index contributed by atoms with van der Waals surface area (Å²) in [5.41, 5.74) is 1.68. The minimum atomic E-state index is -1.14. The van der Waals surface area contributed by atoms with Crippen molar-refractivity contribution in [2.45, 2.75) is 26.8 Å². The highest BCUT2D eigenvalue weighted by molar-refractivity contribution is 6.41. The molecule has 11 heteroatoms. The van der Waals surface area contributed by atoms with Crippen LogP contribution in [0.15, 0.2) is 35.5 Å². The van der Waals surface area contributed by atoms with Crippen LogP contribution in [0.1, 0.15) is 40.3 Å². The Bertz CT molecular complexity index is 1150. The number of aromatic nitrogens is 2. The lowest BCUT2D eigenvalue weighted by Crippen LogP contribution is -2.47. The lowest BCUT2D eigenvalue weighted by atomic mass is 9.95. The number of carbonyl (C=O) groups excluding carboxylic acids is 4. The number of amides is 2. The third-order valence-electron chi connectivity index (χ3n) is 5.12. The fourth-order valence-corrected chi connectivity index (χ4v) is 3.62. The zero-order valence-corrected chi connectivity index (χ0v) is 19.3. The predicted octanol–water partition coefficient (Wildman–Crippen LogP) is 2.29. The molecule has 0 spiro atoms. The molecule has 0 radical (unpaired) electrons. The smallest absolute Gasteiger partial charge is 0.380 e. The summed E-state index contributed by atoms with van der Waals surface area (Å²) in [4.78, 5) is 50.1. The lowest BCUT2D eigenvalue weighted by Gasteiger charge is -2.29. The Balaban J connectivity index is 1.91. The van der Waals surface area contributed by atoms with Crippen molar-refractivity contribution in [3.63, 3.8) is 0 Å². The maximum Gasteiger partial charge on any atom is 0.380 e. The fraction of sp³-hybridized carbons (Fsp3) is 0.318. The summed E-state index contributed by atoms with van der Waals surface area (Å²) in [6, 6.07) is 5.05. The molecule has 0 fully saturated rings. The van der Waals surface area contributed by atoms with Crippen molar-refractivity contribution < 1.29 is 28.7 Å². The van der Waals surface area contributed by atoms with Crippen molar-refractivity contribution in [1.82, 2.24) is 20.4 Å². The van der Waals surface area contributed by atoms with Crippen LogP contribution in [0.3, 0.4) is 0 Å². The predicted molar refractivity (Wildman–Crippen MR) is 117 cm³/mol. The number of benzene rings is 1. The first-order valence-corrected chi connectivity index (χ1v) is 10.5. The zero-order valence-electron chi connectivity index (χ0n) is 18.5. The first kappa shape index (κ1) is 24.0. The molecule has 2 aromatic rings. The van der Waals surface area contributed by atoms with Crippen molar-refractivity contribution in [2.24, 2.45) is 7.05 Å². The molecule has 174 valence electrons. The Morgan fingerprint density at radius 2 is 1.82 bits per heavy atom. The number of halogens is 1. The van der Waals surface area contributed by atoms with Gasteiger partial charge in [-0.05, 0) is 38.5 Å². The second-order valence-electron chi connectivity index (χ2n) is 7.27. The number of hydrogen-bond acceptors (Lipinski definition) is 7. The maximum atomic E-state index is 12.7. The van der Waals surface area contributed by atoms with Gasteiger partial charge >= 0.3 is 18.0 Å². The largest absolute Gasteiger partial charge is 0.463 e. The number of esters is 2. The Morgan fingerprint density at radius 3 is 2.39 bits per heavy atom. The molecular weight excluding hydrogens is 452 g/mol. The minimum absolute atomic E-state index is 0.0120. The second kappa shape index (κ2) is 9.86. The molecule has 0 aliphatic carbocycles. The fourth-order valence-electron chi connectivity index (χ4n) is 3.49. The maximum absolute atomic E-state index is 12.7. The number of hydrogen-bond donors (Lipinski definition) is 2. The van der Waals surface area contributed by atoms with Crippen molar-refractivity contribution in [3.8, 4) is 0 Å². The molecule has 1 aromatic heterocycles. The third-order valence-corrected chi connectivity index (χ3v) is 5.37. The number of nitrogens with zero attached hydrogens (tertiary/aromatic N) is 2. The molecule has 1 aromatic carbocycles. The summed E-state index contributed by atoms with van der Waals surface area (Å²) in [6.45, 7) is 4.48. The van der Waals surface area contributed by atoms with Crippen LogP contribution in [-0.2, 0) is 26.1 Å². The summed E-state index contributed by atoms with van der Waals surface area (Å²) in [5, 5.41) is 9.73. The number of rotatable bonds is 7. The summed E-state index contributed by atoms with van der Waals surface area (Å²) < 4.78 is 11.8. The van der Waals surface area contributed by atoms with Crippen LogP contribution in [0.4, 0.5) is 4.79 Å².